The average Bonchev–Trinajstić information content (AvgIpc) is 3.02. The van der Waals surface area contributed by atoms with Gasteiger partial charge in [0.25, 0.3) is 11.8 Å². The molecule has 0 saturated heterocycles. The van der Waals surface area contributed by atoms with Crippen molar-refractivity contribution in [3.05, 3.63) is 35.4 Å². The quantitative estimate of drug-likeness (QED) is 0.278. The third-order valence-electron chi connectivity index (χ3n) is 4.73. The number of hydrogen-bond donors (Lipinski definition) is 0. The molecular formula is C24H36N2O8. The van der Waals surface area contributed by atoms with E-state index < -0.39 is 5.60 Å². The van der Waals surface area contributed by atoms with E-state index >= 15 is 0 Å². The van der Waals surface area contributed by atoms with Gasteiger partial charge in [-0.25, -0.2) is 4.79 Å². The minimum absolute atomic E-state index is 0.211. The lowest BCUT2D eigenvalue weighted by Gasteiger charge is -2.24. The Morgan fingerprint density at radius 3 is 1.71 bits per heavy atom. The number of benzene rings is 1. The highest BCUT2D eigenvalue weighted by Gasteiger charge is 2.34. The fraction of sp³-hybridized carbons (Fsp3) is 0.625. The van der Waals surface area contributed by atoms with Crippen LogP contribution in [0.1, 0.15) is 41.5 Å². The van der Waals surface area contributed by atoms with Crippen molar-refractivity contribution >= 4 is 17.9 Å². The third kappa shape index (κ3) is 9.38. The van der Waals surface area contributed by atoms with Crippen molar-refractivity contribution in [2.24, 2.45) is 0 Å². The molecule has 0 aliphatic carbocycles. The van der Waals surface area contributed by atoms with Gasteiger partial charge in [0, 0.05) is 13.6 Å². The molecule has 1 aromatic carbocycles. The highest BCUT2D eigenvalue weighted by atomic mass is 16.6. The molecule has 190 valence electrons. The van der Waals surface area contributed by atoms with E-state index in [2.05, 4.69) is 0 Å². The van der Waals surface area contributed by atoms with Crippen molar-refractivity contribution < 1.29 is 38.1 Å². The third-order valence-corrected chi connectivity index (χ3v) is 4.73. The largest absolute Gasteiger partial charge is 0.444 e. The summed E-state index contributed by atoms with van der Waals surface area (Å²) in [6, 6.07) is 6.80. The molecule has 0 fully saturated rings. The van der Waals surface area contributed by atoms with E-state index in [1.807, 2.05) is 20.8 Å². The van der Waals surface area contributed by atoms with Crippen molar-refractivity contribution in [2.75, 3.05) is 73.0 Å². The molecule has 0 N–H and O–H groups in total. The van der Waals surface area contributed by atoms with Crippen LogP contribution in [0.2, 0.25) is 0 Å². The van der Waals surface area contributed by atoms with E-state index in [0.717, 1.165) is 0 Å². The van der Waals surface area contributed by atoms with E-state index in [1.165, 1.54) is 9.80 Å². The molecule has 1 aliphatic rings. The molecule has 0 radical (unpaired) electrons. The monoisotopic (exact) mass is 480 g/mol. The summed E-state index contributed by atoms with van der Waals surface area (Å²) in [5, 5.41) is 0. The molecule has 0 bridgehead atoms. The van der Waals surface area contributed by atoms with Gasteiger partial charge in [0.2, 0.25) is 0 Å². The lowest BCUT2D eigenvalue weighted by atomic mass is 10.1. The number of amides is 3. The zero-order valence-electron chi connectivity index (χ0n) is 20.5. The van der Waals surface area contributed by atoms with Gasteiger partial charge in [0.1, 0.15) is 5.60 Å². The minimum Gasteiger partial charge on any atom is -0.444 e. The maximum atomic E-state index is 12.2. The Labute approximate surface area is 201 Å². The first-order valence-corrected chi connectivity index (χ1v) is 11.4. The van der Waals surface area contributed by atoms with Gasteiger partial charge in [-0.15, -0.1) is 0 Å². The first-order chi connectivity index (χ1) is 16.2. The van der Waals surface area contributed by atoms with Gasteiger partial charge in [-0.1, -0.05) is 12.1 Å². The first kappa shape index (κ1) is 27.7. The first-order valence-electron chi connectivity index (χ1n) is 11.4. The molecule has 2 rings (SSSR count). The van der Waals surface area contributed by atoms with Crippen molar-refractivity contribution in [1.82, 2.24) is 9.80 Å². The van der Waals surface area contributed by atoms with Gasteiger partial charge in [-0.05, 0) is 32.9 Å². The molecule has 1 aromatic rings. The number of rotatable bonds is 15. The zero-order valence-corrected chi connectivity index (χ0v) is 20.5. The lowest BCUT2D eigenvalue weighted by Crippen LogP contribution is -2.36. The van der Waals surface area contributed by atoms with Crippen molar-refractivity contribution in [2.45, 2.75) is 26.4 Å². The van der Waals surface area contributed by atoms with E-state index in [9.17, 15) is 14.4 Å². The van der Waals surface area contributed by atoms with Crippen LogP contribution in [0.4, 0.5) is 4.79 Å². The van der Waals surface area contributed by atoms with Gasteiger partial charge in [-0.3, -0.25) is 14.5 Å². The van der Waals surface area contributed by atoms with Crippen molar-refractivity contribution in [3.63, 3.8) is 0 Å². The standard InChI is InChI=1S/C24H36N2O8/c1-24(2,3)34-23(29)25(4)9-11-30-13-15-32-17-18-33-16-14-31-12-10-26-21(27)19-7-5-6-8-20(19)22(26)28/h5-8H,9-18H2,1-4H3. The smallest absolute Gasteiger partial charge is 0.410 e. The normalized spacial score (nSPS) is 13.4. The number of carbonyl (C=O) groups excluding carboxylic acids is 3. The van der Waals surface area contributed by atoms with E-state index in [4.69, 9.17) is 23.7 Å². The summed E-state index contributed by atoms with van der Waals surface area (Å²) in [4.78, 5) is 39.0. The molecule has 34 heavy (non-hydrogen) atoms. The van der Waals surface area contributed by atoms with Crippen LogP contribution < -0.4 is 0 Å². The number of nitrogens with zero attached hydrogens (tertiary/aromatic N) is 2. The Morgan fingerprint density at radius 2 is 1.24 bits per heavy atom. The summed E-state index contributed by atoms with van der Waals surface area (Å²) in [6.45, 7) is 9.21. The number of ether oxygens (including phenoxy) is 5. The molecule has 0 atom stereocenters. The number of carbonyl (C=O) groups is 3. The van der Waals surface area contributed by atoms with Gasteiger partial charge >= 0.3 is 6.09 Å². The average molecular weight is 481 g/mol. The van der Waals surface area contributed by atoms with Crippen LogP contribution in [-0.2, 0) is 23.7 Å². The molecule has 3 amide bonds. The Kier molecular flexibility index (Phi) is 11.4. The van der Waals surface area contributed by atoms with Crippen LogP contribution in [0.15, 0.2) is 24.3 Å². The highest BCUT2D eigenvalue weighted by molar-refractivity contribution is 6.21. The summed E-state index contributed by atoms with van der Waals surface area (Å²) in [6.07, 6.45) is -0.378. The lowest BCUT2D eigenvalue weighted by molar-refractivity contribution is -0.00678. The second-order valence-electron chi connectivity index (χ2n) is 8.66. The maximum absolute atomic E-state index is 12.2. The van der Waals surface area contributed by atoms with Gasteiger partial charge in [-0.2, -0.15) is 0 Å². The Hall–Kier alpha value is -2.53. The summed E-state index contributed by atoms with van der Waals surface area (Å²) in [7, 11) is 1.67. The van der Waals surface area contributed by atoms with Crippen LogP contribution in [0.5, 0.6) is 0 Å². The van der Waals surface area contributed by atoms with E-state index in [0.29, 0.717) is 63.9 Å². The SMILES string of the molecule is CN(CCOCCOCCOCCOCCN1C(=O)c2ccccc2C1=O)C(=O)OC(C)(C)C. The number of hydrogen-bond acceptors (Lipinski definition) is 8. The number of fused-ring (bicyclic) bond motifs is 1. The maximum Gasteiger partial charge on any atom is 0.410 e. The van der Waals surface area contributed by atoms with Crippen LogP contribution >= 0.6 is 0 Å². The van der Waals surface area contributed by atoms with Crippen LogP contribution in [0, 0.1) is 0 Å². The van der Waals surface area contributed by atoms with Crippen molar-refractivity contribution in [1.29, 1.82) is 0 Å². The predicted octanol–water partition coefficient (Wildman–Crippen LogP) is 2.22. The van der Waals surface area contributed by atoms with Gasteiger partial charge in [0.15, 0.2) is 0 Å². The predicted molar refractivity (Wildman–Crippen MR) is 124 cm³/mol. The second-order valence-corrected chi connectivity index (χ2v) is 8.66. The molecule has 0 unspecified atom stereocenters. The topological polar surface area (TPSA) is 104 Å². The summed E-state index contributed by atoms with van der Waals surface area (Å²) in [5.74, 6) is -0.562. The Balaban J connectivity index is 1.38. The fourth-order valence-electron chi connectivity index (χ4n) is 2.99. The number of imide groups is 1. The van der Waals surface area contributed by atoms with E-state index in [-0.39, 0.29) is 31.1 Å². The second kappa shape index (κ2) is 14.0. The molecular weight excluding hydrogens is 444 g/mol. The molecule has 10 heteroatoms. The van der Waals surface area contributed by atoms with Gasteiger partial charge < -0.3 is 28.6 Å². The summed E-state index contributed by atoms with van der Waals surface area (Å²) < 4.78 is 27.0. The fourth-order valence-corrected chi connectivity index (χ4v) is 2.99. The molecule has 10 nitrogen and oxygen atoms in total. The summed E-state index contributed by atoms with van der Waals surface area (Å²) in [5.41, 5.74) is 0.361. The highest BCUT2D eigenvalue weighted by Crippen LogP contribution is 2.21. The van der Waals surface area contributed by atoms with E-state index in [1.54, 1.807) is 31.3 Å². The molecule has 0 saturated carbocycles. The zero-order chi connectivity index (χ0) is 25.0. The number of likely N-dealkylation sites (N-methyl/N-ethyl adjacent to an activating group) is 1. The molecule has 1 heterocycles. The van der Waals surface area contributed by atoms with Gasteiger partial charge in [0.05, 0.1) is 70.5 Å². The Morgan fingerprint density at radius 1 is 0.794 bits per heavy atom. The summed E-state index contributed by atoms with van der Waals surface area (Å²) >= 11 is 0. The minimum atomic E-state index is -0.518. The van der Waals surface area contributed by atoms with Crippen LogP contribution in [-0.4, -0.2) is 106 Å². The van der Waals surface area contributed by atoms with Crippen molar-refractivity contribution in [3.8, 4) is 0 Å². The molecule has 0 aromatic heterocycles. The van der Waals surface area contributed by atoms with Crippen LogP contribution in [0.25, 0.3) is 0 Å². The van der Waals surface area contributed by atoms with Crippen LogP contribution in [0.3, 0.4) is 0 Å². The molecule has 1 aliphatic heterocycles. The Bertz CT molecular complexity index is 773. The molecule has 0 spiro atoms.